The topological polar surface area (TPSA) is 93.1 Å². The predicted molar refractivity (Wildman–Crippen MR) is 111 cm³/mol. The Morgan fingerprint density at radius 2 is 1.90 bits per heavy atom. The first-order chi connectivity index (χ1) is 14.2. The number of amides is 1. The van der Waals surface area contributed by atoms with Crippen LogP contribution in [0.5, 0.6) is 0 Å². The second kappa shape index (κ2) is 8.95. The lowest BCUT2D eigenvalue weighted by atomic mass is 10.1. The van der Waals surface area contributed by atoms with Crippen LogP contribution < -0.4 is 10.0 Å². The number of aryl methyl sites for hydroxylation is 1. The van der Waals surface area contributed by atoms with Crippen LogP contribution in [-0.2, 0) is 21.9 Å². The number of carbonyl (C=O) groups is 1. The van der Waals surface area contributed by atoms with Crippen molar-refractivity contribution in [2.24, 2.45) is 7.05 Å². The molecule has 0 fully saturated rings. The molecule has 1 unspecified atom stereocenters. The number of aromatic nitrogens is 2. The van der Waals surface area contributed by atoms with E-state index in [4.69, 9.17) is 11.6 Å². The molecule has 2 aromatic carbocycles. The number of hydrogen-bond donors (Lipinski definition) is 2. The van der Waals surface area contributed by atoms with Crippen LogP contribution in [0.4, 0.5) is 4.39 Å². The summed E-state index contributed by atoms with van der Waals surface area (Å²) in [4.78, 5) is 17.0. The summed E-state index contributed by atoms with van der Waals surface area (Å²) in [6.45, 7) is 1.42. The molecule has 3 rings (SSSR count). The van der Waals surface area contributed by atoms with Crippen molar-refractivity contribution in [1.29, 1.82) is 0 Å². The number of halogens is 2. The monoisotopic (exact) mass is 450 g/mol. The van der Waals surface area contributed by atoms with Crippen molar-refractivity contribution >= 4 is 27.5 Å². The van der Waals surface area contributed by atoms with Crippen LogP contribution >= 0.6 is 11.6 Å². The fourth-order valence-electron chi connectivity index (χ4n) is 2.87. The van der Waals surface area contributed by atoms with Crippen molar-refractivity contribution in [2.75, 3.05) is 0 Å². The number of imidazole rings is 1. The first kappa shape index (κ1) is 21.9. The minimum Gasteiger partial charge on any atom is -0.341 e. The van der Waals surface area contributed by atoms with Gasteiger partial charge in [0.15, 0.2) is 0 Å². The second-order valence-electron chi connectivity index (χ2n) is 6.69. The van der Waals surface area contributed by atoms with Gasteiger partial charge in [0.2, 0.25) is 15.9 Å². The Labute approximate surface area is 178 Å². The van der Waals surface area contributed by atoms with E-state index < -0.39 is 33.8 Å². The zero-order chi connectivity index (χ0) is 21.9. The van der Waals surface area contributed by atoms with Gasteiger partial charge in [-0.15, -0.1) is 0 Å². The fraction of sp³-hybridized carbons (Fsp3) is 0.200. The molecule has 1 aromatic heterocycles. The van der Waals surface area contributed by atoms with Crippen molar-refractivity contribution in [1.82, 2.24) is 19.6 Å². The first-order valence-electron chi connectivity index (χ1n) is 8.98. The Kier molecular flexibility index (Phi) is 6.55. The molecule has 0 spiro atoms. The molecule has 0 aliphatic carbocycles. The average Bonchev–Trinajstić information content (AvgIpc) is 3.11. The van der Waals surface area contributed by atoms with Crippen molar-refractivity contribution in [3.63, 3.8) is 0 Å². The van der Waals surface area contributed by atoms with Crippen LogP contribution in [0, 0.1) is 5.82 Å². The highest BCUT2D eigenvalue weighted by molar-refractivity contribution is 7.89. The minimum absolute atomic E-state index is 0.0164. The molecular weight excluding hydrogens is 431 g/mol. The Hall–Kier alpha value is -2.75. The number of nitrogens with one attached hydrogen (secondary N) is 2. The van der Waals surface area contributed by atoms with Crippen LogP contribution in [0.1, 0.15) is 24.4 Å². The van der Waals surface area contributed by atoms with Gasteiger partial charge in [-0.25, -0.2) is 17.8 Å². The third kappa shape index (κ3) is 5.05. The smallest absolute Gasteiger partial charge is 0.241 e. The van der Waals surface area contributed by atoms with Gasteiger partial charge in [-0.1, -0.05) is 23.7 Å². The third-order valence-electron chi connectivity index (χ3n) is 4.43. The van der Waals surface area contributed by atoms with Gasteiger partial charge in [0, 0.05) is 24.5 Å². The Morgan fingerprint density at radius 1 is 1.20 bits per heavy atom. The lowest BCUT2D eigenvalue weighted by molar-refractivity contribution is -0.122. The highest BCUT2D eigenvalue weighted by Gasteiger charge is 2.27. The average molecular weight is 451 g/mol. The Morgan fingerprint density at radius 3 is 2.50 bits per heavy atom. The molecule has 0 aliphatic rings. The summed E-state index contributed by atoms with van der Waals surface area (Å²) < 4.78 is 42.9. The van der Waals surface area contributed by atoms with E-state index in [2.05, 4.69) is 15.0 Å². The number of nitrogens with zero attached hydrogens (tertiary/aromatic N) is 2. The van der Waals surface area contributed by atoms with Gasteiger partial charge in [-0.3, -0.25) is 4.79 Å². The SMILES string of the molecule is C[C@H](NS(=O)(=O)c1ccc(Cl)cc1)C(=O)NC(c1cccc(F)c1)c1nccn1C. The molecule has 0 saturated carbocycles. The molecule has 2 atom stereocenters. The van der Waals surface area contributed by atoms with Gasteiger partial charge in [-0.2, -0.15) is 4.72 Å². The number of hydrogen-bond acceptors (Lipinski definition) is 4. The fourth-order valence-corrected chi connectivity index (χ4v) is 4.20. The molecule has 1 heterocycles. The van der Waals surface area contributed by atoms with Crippen molar-refractivity contribution < 1.29 is 17.6 Å². The summed E-state index contributed by atoms with van der Waals surface area (Å²) in [5, 5.41) is 3.15. The molecule has 0 saturated heterocycles. The van der Waals surface area contributed by atoms with Gasteiger partial charge in [0.1, 0.15) is 17.7 Å². The maximum absolute atomic E-state index is 13.8. The summed E-state index contributed by atoms with van der Waals surface area (Å²) in [5.74, 6) is -0.580. The Balaban J connectivity index is 1.81. The van der Waals surface area contributed by atoms with Crippen molar-refractivity contribution in [3.8, 4) is 0 Å². The van der Waals surface area contributed by atoms with Gasteiger partial charge < -0.3 is 9.88 Å². The summed E-state index contributed by atoms with van der Waals surface area (Å²) in [6.07, 6.45) is 3.25. The summed E-state index contributed by atoms with van der Waals surface area (Å²) in [5.41, 5.74) is 0.477. The van der Waals surface area contributed by atoms with Crippen LogP contribution in [-0.4, -0.2) is 29.9 Å². The van der Waals surface area contributed by atoms with Gasteiger partial charge in [0.25, 0.3) is 0 Å². The van der Waals surface area contributed by atoms with E-state index in [0.29, 0.717) is 16.4 Å². The summed E-state index contributed by atoms with van der Waals surface area (Å²) in [7, 11) is -2.20. The third-order valence-corrected chi connectivity index (χ3v) is 6.24. The van der Waals surface area contributed by atoms with Crippen LogP contribution in [0.2, 0.25) is 5.02 Å². The van der Waals surface area contributed by atoms with E-state index in [9.17, 15) is 17.6 Å². The lowest BCUT2D eigenvalue weighted by Crippen LogP contribution is -2.46. The maximum Gasteiger partial charge on any atom is 0.241 e. The summed E-state index contributed by atoms with van der Waals surface area (Å²) >= 11 is 5.79. The van der Waals surface area contributed by atoms with E-state index in [1.54, 1.807) is 30.1 Å². The number of rotatable bonds is 7. The number of carbonyl (C=O) groups excluding carboxylic acids is 1. The Bertz CT molecular complexity index is 1150. The molecule has 1 amide bonds. The molecule has 0 bridgehead atoms. The largest absolute Gasteiger partial charge is 0.341 e. The van der Waals surface area contributed by atoms with E-state index in [1.165, 1.54) is 49.4 Å². The molecule has 0 radical (unpaired) electrons. The van der Waals surface area contributed by atoms with Gasteiger partial charge >= 0.3 is 0 Å². The molecule has 2 N–H and O–H groups in total. The first-order valence-corrected chi connectivity index (χ1v) is 10.8. The van der Waals surface area contributed by atoms with Gasteiger partial charge in [0.05, 0.1) is 10.9 Å². The van der Waals surface area contributed by atoms with Crippen LogP contribution in [0.15, 0.2) is 65.8 Å². The summed E-state index contributed by atoms with van der Waals surface area (Å²) in [6, 6.07) is 9.50. The standard InChI is InChI=1S/C20H20ClFN4O3S/c1-13(25-30(28,29)17-8-6-15(21)7-9-17)20(27)24-18(19-23-10-11-26(19)2)14-4-3-5-16(22)12-14/h3-13,18,25H,1-2H3,(H,24,27)/t13-,18?/m0/s1. The quantitative estimate of drug-likeness (QED) is 0.579. The van der Waals surface area contributed by atoms with E-state index in [0.717, 1.165) is 0 Å². The van der Waals surface area contributed by atoms with Crippen molar-refractivity contribution in [2.45, 2.75) is 23.9 Å². The van der Waals surface area contributed by atoms with Crippen LogP contribution in [0.25, 0.3) is 0 Å². The van der Waals surface area contributed by atoms with E-state index in [1.807, 2.05) is 0 Å². The molecule has 7 nitrogen and oxygen atoms in total. The van der Waals surface area contributed by atoms with Crippen molar-refractivity contribution in [3.05, 3.63) is 83.2 Å². The normalized spacial score (nSPS) is 13.6. The highest BCUT2D eigenvalue weighted by atomic mass is 35.5. The highest BCUT2D eigenvalue weighted by Crippen LogP contribution is 2.21. The van der Waals surface area contributed by atoms with Crippen LogP contribution in [0.3, 0.4) is 0 Å². The lowest BCUT2D eigenvalue weighted by Gasteiger charge is -2.22. The zero-order valence-electron chi connectivity index (χ0n) is 16.2. The molecular formula is C20H20ClFN4O3S. The molecule has 0 aliphatic heterocycles. The zero-order valence-corrected chi connectivity index (χ0v) is 17.8. The minimum atomic E-state index is -3.94. The second-order valence-corrected chi connectivity index (χ2v) is 8.84. The number of sulfonamides is 1. The predicted octanol–water partition coefficient (Wildman–Crippen LogP) is 2.79. The molecule has 3 aromatic rings. The molecule has 158 valence electrons. The van der Waals surface area contributed by atoms with E-state index >= 15 is 0 Å². The maximum atomic E-state index is 13.8. The van der Waals surface area contributed by atoms with E-state index in [-0.39, 0.29) is 4.90 Å². The number of benzene rings is 2. The molecule has 30 heavy (non-hydrogen) atoms. The molecule has 10 heteroatoms. The van der Waals surface area contributed by atoms with Gasteiger partial charge in [-0.05, 0) is 48.9 Å².